The summed E-state index contributed by atoms with van der Waals surface area (Å²) in [7, 11) is 0. The third-order valence-corrected chi connectivity index (χ3v) is 2.56. The number of alkyl halides is 3. The fourth-order valence-electron chi connectivity index (χ4n) is 1.17. The Morgan fingerprint density at radius 1 is 0.933 bits per heavy atom. The molecule has 0 amide bonds. The molecule has 1 rings (SSSR count). The van der Waals surface area contributed by atoms with Gasteiger partial charge in [-0.2, -0.15) is 0 Å². The van der Waals surface area contributed by atoms with E-state index in [-0.39, 0.29) is 12.8 Å². The molecule has 1 aromatic carbocycles. The lowest BCUT2D eigenvalue weighted by molar-refractivity contribution is -0.175. The first kappa shape index (κ1) is 13.1. The van der Waals surface area contributed by atoms with Gasteiger partial charge in [-0.3, -0.25) is 0 Å². The normalized spacial score (nSPS) is 12.9. The Labute approximate surface area is 103 Å². The molecule has 0 radical (unpaired) electrons. The first-order chi connectivity index (χ1) is 6.81. The van der Waals surface area contributed by atoms with Crippen LogP contribution in [0.15, 0.2) is 30.3 Å². The van der Waals surface area contributed by atoms with Gasteiger partial charge in [-0.05, 0) is 6.42 Å². The highest BCUT2D eigenvalue weighted by Crippen LogP contribution is 2.35. The van der Waals surface area contributed by atoms with E-state index in [9.17, 15) is 10.2 Å². The van der Waals surface area contributed by atoms with E-state index in [1.807, 2.05) is 0 Å². The van der Waals surface area contributed by atoms with Crippen molar-refractivity contribution in [1.82, 2.24) is 0 Å². The quantitative estimate of drug-likeness (QED) is 0.654. The molecule has 0 bridgehead atoms. The average molecular weight is 270 g/mol. The van der Waals surface area contributed by atoms with E-state index in [2.05, 4.69) is 0 Å². The Balaban J connectivity index is 2.68. The maximum atomic E-state index is 9.73. The van der Waals surface area contributed by atoms with Crippen LogP contribution in [0, 0.1) is 0 Å². The van der Waals surface area contributed by atoms with Gasteiger partial charge in [0.15, 0.2) is 9.58 Å². The van der Waals surface area contributed by atoms with Crippen molar-refractivity contribution in [2.75, 3.05) is 0 Å². The summed E-state index contributed by atoms with van der Waals surface area (Å²) in [6.45, 7) is 0. The summed E-state index contributed by atoms with van der Waals surface area (Å²) in [5, 5.41) is 19.5. The van der Waals surface area contributed by atoms with Crippen LogP contribution in [0.4, 0.5) is 0 Å². The Bertz CT molecular complexity index is 306. The van der Waals surface area contributed by atoms with Crippen molar-refractivity contribution in [2.45, 2.75) is 22.4 Å². The zero-order valence-corrected chi connectivity index (χ0v) is 10.1. The Hall–Kier alpha value is 0.01000. The summed E-state index contributed by atoms with van der Waals surface area (Å²) < 4.78 is -1.47. The van der Waals surface area contributed by atoms with Crippen molar-refractivity contribution < 1.29 is 10.2 Å². The molecule has 0 aliphatic rings. The molecule has 5 heteroatoms. The summed E-state index contributed by atoms with van der Waals surface area (Å²) in [5.74, 6) is -1.95. The van der Waals surface area contributed by atoms with Crippen molar-refractivity contribution >= 4 is 34.8 Å². The lowest BCUT2D eigenvalue weighted by Gasteiger charge is -2.23. The minimum absolute atomic E-state index is 0.0342. The Kier molecular flexibility index (Phi) is 4.27. The molecule has 0 atom stereocenters. The number of aliphatic hydroxyl groups is 2. The fraction of sp³-hybridized carbons (Fsp3) is 0.400. The molecule has 0 saturated carbocycles. The third kappa shape index (κ3) is 4.58. The van der Waals surface area contributed by atoms with Crippen LogP contribution in [0.5, 0.6) is 0 Å². The molecule has 0 aromatic heterocycles. The van der Waals surface area contributed by atoms with Crippen molar-refractivity contribution in [2.24, 2.45) is 0 Å². The molecule has 0 spiro atoms. The van der Waals surface area contributed by atoms with Crippen LogP contribution < -0.4 is 0 Å². The van der Waals surface area contributed by atoms with Crippen molar-refractivity contribution in [3.8, 4) is 0 Å². The van der Waals surface area contributed by atoms with Crippen molar-refractivity contribution in [3.05, 3.63) is 35.9 Å². The molecule has 15 heavy (non-hydrogen) atoms. The van der Waals surface area contributed by atoms with Crippen LogP contribution in [0.1, 0.15) is 18.4 Å². The van der Waals surface area contributed by atoms with E-state index in [0.717, 1.165) is 0 Å². The largest absolute Gasteiger partial charge is 0.362 e. The van der Waals surface area contributed by atoms with E-state index in [0.29, 0.717) is 5.56 Å². The highest BCUT2D eigenvalue weighted by molar-refractivity contribution is 6.67. The average Bonchev–Trinajstić information content (AvgIpc) is 2.16. The van der Waals surface area contributed by atoms with Crippen molar-refractivity contribution in [1.29, 1.82) is 0 Å². The Morgan fingerprint density at radius 3 is 1.93 bits per heavy atom. The van der Waals surface area contributed by atoms with E-state index in [1.165, 1.54) is 0 Å². The van der Waals surface area contributed by atoms with Gasteiger partial charge in [0.1, 0.15) is 0 Å². The highest BCUT2D eigenvalue weighted by atomic mass is 35.6. The van der Waals surface area contributed by atoms with Gasteiger partial charge in [-0.25, -0.2) is 0 Å². The van der Waals surface area contributed by atoms with E-state index >= 15 is 0 Å². The molecule has 2 nitrogen and oxygen atoms in total. The zero-order valence-electron chi connectivity index (χ0n) is 7.83. The van der Waals surface area contributed by atoms with Crippen LogP contribution in [0.25, 0.3) is 0 Å². The minimum Gasteiger partial charge on any atom is -0.362 e. The third-order valence-electron chi connectivity index (χ3n) is 1.99. The maximum Gasteiger partial charge on any atom is 0.190 e. The first-order valence-corrected chi connectivity index (χ1v) is 5.52. The molecular weight excluding hydrogens is 258 g/mol. The van der Waals surface area contributed by atoms with E-state index < -0.39 is 9.58 Å². The lowest BCUT2D eigenvalue weighted by Crippen LogP contribution is -2.26. The predicted molar refractivity (Wildman–Crippen MR) is 62.1 cm³/mol. The number of hydrogen-bond donors (Lipinski definition) is 2. The monoisotopic (exact) mass is 268 g/mol. The standard InChI is InChI=1S/C10H11Cl3O2/c11-10(12,13)7-6-9(14,15)8-4-2-1-3-5-8/h1-5,14-15H,6-7H2. The van der Waals surface area contributed by atoms with E-state index in [1.54, 1.807) is 30.3 Å². The highest BCUT2D eigenvalue weighted by Gasteiger charge is 2.30. The summed E-state index contributed by atoms with van der Waals surface area (Å²) in [6, 6.07) is 8.43. The summed E-state index contributed by atoms with van der Waals surface area (Å²) >= 11 is 16.6. The van der Waals surface area contributed by atoms with Crippen molar-refractivity contribution in [3.63, 3.8) is 0 Å². The SMILES string of the molecule is OC(O)(CCC(Cl)(Cl)Cl)c1ccccc1. The maximum absolute atomic E-state index is 9.73. The molecule has 0 fully saturated rings. The number of halogens is 3. The molecule has 0 aliphatic heterocycles. The summed E-state index contributed by atoms with van der Waals surface area (Å²) in [4.78, 5) is 0. The Morgan fingerprint density at radius 2 is 1.47 bits per heavy atom. The number of hydrogen-bond acceptors (Lipinski definition) is 2. The van der Waals surface area contributed by atoms with Crippen LogP contribution in [0.3, 0.4) is 0 Å². The van der Waals surface area contributed by atoms with Gasteiger partial charge in [-0.15, -0.1) is 0 Å². The smallest absolute Gasteiger partial charge is 0.190 e. The van der Waals surface area contributed by atoms with Gasteiger partial charge in [0.25, 0.3) is 0 Å². The fourth-order valence-corrected chi connectivity index (χ4v) is 1.45. The van der Waals surface area contributed by atoms with Gasteiger partial charge in [0, 0.05) is 12.0 Å². The van der Waals surface area contributed by atoms with E-state index in [4.69, 9.17) is 34.8 Å². The van der Waals surface area contributed by atoms with Gasteiger partial charge < -0.3 is 10.2 Å². The second-order valence-corrected chi connectivity index (χ2v) is 5.81. The summed E-state index contributed by atoms with van der Waals surface area (Å²) in [5.41, 5.74) is 0.388. The van der Waals surface area contributed by atoms with Crippen LogP contribution in [-0.2, 0) is 5.79 Å². The molecular formula is C10H11Cl3O2. The molecule has 84 valence electrons. The minimum atomic E-state index is -1.95. The first-order valence-electron chi connectivity index (χ1n) is 4.38. The number of rotatable bonds is 3. The number of benzene rings is 1. The van der Waals surface area contributed by atoms with Gasteiger partial charge in [-0.1, -0.05) is 65.1 Å². The molecule has 2 N–H and O–H groups in total. The second-order valence-electron chi connectivity index (χ2n) is 3.30. The molecule has 1 aromatic rings. The predicted octanol–water partition coefficient (Wildman–Crippen LogP) is 2.97. The molecule has 0 saturated heterocycles. The second kappa shape index (κ2) is 4.89. The molecule has 0 heterocycles. The van der Waals surface area contributed by atoms with Gasteiger partial charge in [0.2, 0.25) is 0 Å². The van der Waals surface area contributed by atoms with Crippen LogP contribution >= 0.6 is 34.8 Å². The molecule has 0 unspecified atom stereocenters. The van der Waals surface area contributed by atoms with Gasteiger partial charge in [0.05, 0.1) is 0 Å². The zero-order chi connectivity index (χ0) is 11.5. The van der Waals surface area contributed by atoms with Crippen LogP contribution in [-0.4, -0.2) is 14.0 Å². The lowest BCUT2D eigenvalue weighted by atomic mass is 10.0. The molecule has 0 aliphatic carbocycles. The van der Waals surface area contributed by atoms with Gasteiger partial charge >= 0.3 is 0 Å². The summed E-state index contributed by atoms with van der Waals surface area (Å²) in [6.07, 6.45) is 0.0348. The topological polar surface area (TPSA) is 40.5 Å². The van der Waals surface area contributed by atoms with Crippen LogP contribution in [0.2, 0.25) is 0 Å².